The van der Waals surface area contributed by atoms with Crippen LogP contribution in [0.2, 0.25) is 0 Å². The Hall–Kier alpha value is -2.33. The van der Waals surface area contributed by atoms with Crippen molar-refractivity contribution in [2.45, 2.75) is 31.8 Å². The lowest BCUT2D eigenvalue weighted by Crippen LogP contribution is -2.36. The van der Waals surface area contributed by atoms with Crippen LogP contribution in [0.1, 0.15) is 35.2 Å². The number of fused-ring (bicyclic) bond motifs is 1. The number of carbonyl (C=O) groups excluding carboxylic acids is 1. The fourth-order valence-corrected chi connectivity index (χ4v) is 3.84. The van der Waals surface area contributed by atoms with Gasteiger partial charge in [-0.25, -0.2) is 0 Å². The zero-order chi connectivity index (χ0) is 17.2. The van der Waals surface area contributed by atoms with Gasteiger partial charge in [0.1, 0.15) is 0 Å². The molecule has 0 aromatic heterocycles. The minimum atomic E-state index is -0.170. The summed E-state index contributed by atoms with van der Waals surface area (Å²) < 4.78 is 0. The third-order valence-corrected chi connectivity index (χ3v) is 5.30. The number of para-hydroxylation sites is 1. The van der Waals surface area contributed by atoms with Gasteiger partial charge in [-0.3, -0.25) is 4.79 Å². The van der Waals surface area contributed by atoms with E-state index in [0.717, 1.165) is 62.3 Å². The van der Waals surface area contributed by atoms with E-state index in [1.807, 2.05) is 47.4 Å². The van der Waals surface area contributed by atoms with Crippen molar-refractivity contribution in [2.75, 3.05) is 29.4 Å². The number of hydrogen-bond donors (Lipinski definition) is 1. The van der Waals surface area contributed by atoms with E-state index in [-0.39, 0.29) is 12.0 Å². The standard InChI is InChI=1S/C21H24N2O2/c24-19-11-14-22(15-12-19)18-9-7-17(8-10-18)21(25)23-13-3-5-16-4-1-2-6-20(16)23/h1-2,4,6-10,19,24H,3,5,11-15H2. The minimum Gasteiger partial charge on any atom is -0.393 e. The van der Waals surface area contributed by atoms with Gasteiger partial charge in [0.25, 0.3) is 5.91 Å². The highest BCUT2D eigenvalue weighted by molar-refractivity contribution is 6.06. The van der Waals surface area contributed by atoms with Gasteiger partial charge in [0.2, 0.25) is 0 Å². The maximum atomic E-state index is 13.0. The van der Waals surface area contributed by atoms with E-state index in [1.165, 1.54) is 5.56 Å². The topological polar surface area (TPSA) is 43.8 Å². The number of rotatable bonds is 2. The Bertz CT molecular complexity index is 749. The molecule has 4 heteroatoms. The lowest BCUT2D eigenvalue weighted by Gasteiger charge is -2.32. The van der Waals surface area contributed by atoms with Gasteiger partial charge in [0.05, 0.1) is 6.10 Å². The van der Waals surface area contributed by atoms with Crippen molar-refractivity contribution in [1.82, 2.24) is 0 Å². The third-order valence-electron chi connectivity index (χ3n) is 5.30. The van der Waals surface area contributed by atoms with Crippen molar-refractivity contribution in [1.29, 1.82) is 0 Å². The molecule has 1 saturated heterocycles. The van der Waals surface area contributed by atoms with Crippen LogP contribution in [0.4, 0.5) is 11.4 Å². The van der Waals surface area contributed by atoms with Crippen molar-refractivity contribution in [3.8, 4) is 0 Å². The summed E-state index contributed by atoms with van der Waals surface area (Å²) in [6.45, 7) is 2.52. The summed E-state index contributed by atoms with van der Waals surface area (Å²) in [4.78, 5) is 17.2. The smallest absolute Gasteiger partial charge is 0.258 e. The predicted molar refractivity (Wildman–Crippen MR) is 100 cm³/mol. The zero-order valence-corrected chi connectivity index (χ0v) is 14.4. The Morgan fingerprint density at radius 3 is 2.44 bits per heavy atom. The van der Waals surface area contributed by atoms with Gasteiger partial charge < -0.3 is 14.9 Å². The Balaban J connectivity index is 1.52. The number of carbonyl (C=O) groups is 1. The van der Waals surface area contributed by atoms with Crippen LogP contribution in [0.25, 0.3) is 0 Å². The van der Waals surface area contributed by atoms with Crippen LogP contribution in [0.15, 0.2) is 48.5 Å². The van der Waals surface area contributed by atoms with Crippen molar-refractivity contribution in [3.05, 3.63) is 59.7 Å². The average Bonchev–Trinajstić information content (AvgIpc) is 2.68. The lowest BCUT2D eigenvalue weighted by atomic mass is 10.0. The molecule has 25 heavy (non-hydrogen) atoms. The van der Waals surface area contributed by atoms with Crippen LogP contribution in [0, 0.1) is 0 Å². The van der Waals surface area contributed by atoms with E-state index in [0.29, 0.717) is 0 Å². The van der Waals surface area contributed by atoms with E-state index < -0.39 is 0 Å². The second-order valence-electron chi connectivity index (χ2n) is 6.95. The van der Waals surface area contributed by atoms with E-state index in [1.54, 1.807) is 0 Å². The summed E-state index contributed by atoms with van der Waals surface area (Å²) >= 11 is 0. The number of piperidine rings is 1. The molecule has 2 aromatic rings. The molecule has 0 spiro atoms. The van der Waals surface area contributed by atoms with Crippen molar-refractivity contribution < 1.29 is 9.90 Å². The van der Waals surface area contributed by atoms with Crippen molar-refractivity contribution >= 4 is 17.3 Å². The van der Waals surface area contributed by atoms with Crippen LogP contribution >= 0.6 is 0 Å². The summed E-state index contributed by atoms with van der Waals surface area (Å²) in [6, 6.07) is 16.1. The second-order valence-corrected chi connectivity index (χ2v) is 6.95. The van der Waals surface area contributed by atoms with Gasteiger partial charge in [-0.1, -0.05) is 18.2 Å². The van der Waals surface area contributed by atoms with Crippen LogP contribution in [0.5, 0.6) is 0 Å². The molecule has 1 fully saturated rings. The normalized spacial score (nSPS) is 18.1. The molecule has 2 aliphatic rings. The van der Waals surface area contributed by atoms with Crippen molar-refractivity contribution in [3.63, 3.8) is 0 Å². The van der Waals surface area contributed by atoms with Crippen molar-refractivity contribution in [2.24, 2.45) is 0 Å². The third kappa shape index (κ3) is 3.27. The molecule has 1 amide bonds. The van der Waals surface area contributed by atoms with E-state index >= 15 is 0 Å². The van der Waals surface area contributed by atoms with Gasteiger partial charge in [-0.15, -0.1) is 0 Å². The number of aliphatic hydroxyl groups is 1. The summed E-state index contributed by atoms with van der Waals surface area (Å²) in [7, 11) is 0. The first-order valence-electron chi connectivity index (χ1n) is 9.15. The number of aliphatic hydroxyl groups excluding tert-OH is 1. The van der Waals surface area contributed by atoms with Gasteiger partial charge in [0.15, 0.2) is 0 Å². The molecule has 130 valence electrons. The second kappa shape index (κ2) is 6.89. The van der Waals surface area contributed by atoms with Crippen LogP contribution in [-0.4, -0.2) is 36.8 Å². The first-order valence-corrected chi connectivity index (χ1v) is 9.15. The minimum absolute atomic E-state index is 0.0766. The fraction of sp³-hybridized carbons (Fsp3) is 0.381. The highest BCUT2D eigenvalue weighted by Gasteiger charge is 2.23. The summed E-state index contributed by atoms with van der Waals surface area (Å²) in [6.07, 6.45) is 3.50. The number of anilines is 2. The van der Waals surface area contributed by atoms with Gasteiger partial charge in [0, 0.05) is 36.6 Å². The number of amides is 1. The zero-order valence-electron chi connectivity index (χ0n) is 14.4. The quantitative estimate of drug-likeness (QED) is 0.916. The molecule has 2 aromatic carbocycles. The van der Waals surface area contributed by atoms with Gasteiger partial charge in [-0.05, 0) is 61.6 Å². The number of hydrogen-bond acceptors (Lipinski definition) is 3. The first kappa shape index (κ1) is 16.2. The first-order chi connectivity index (χ1) is 12.2. The molecule has 2 heterocycles. The summed E-state index contributed by atoms with van der Waals surface area (Å²) in [5.74, 6) is 0.0766. The molecule has 4 rings (SSSR count). The number of nitrogens with zero attached hydrogens (tertiary/aromatic N) is 2. The monoisotopic (exact) mass is 336 g/mol. The largest absolute Gasteiger partial charge is 0.393 e. The highest BCUT2D eigenvalue weighted by Crippen LogP contribution is 2.28. The molecule has 0 saturated carbocycles. The average molecular weight is 336 g/mol. The summed E-state index contributed by atoms with van der Waals surface area (Å²) in [5, 5.41) is 9.64. The van der Waals surface area contributed by atoms with E-state index in [2.05, 4.69) is 11.0 Å². The molecule has 0 radical (unpaired) electrons. The maximum Gasteiger partial charge on any atom is 0.258 e. The molecule has 2 aliphatic heterocycles. The van der Waals surface area contributed by atoms with E-state index in [4.69, 9.17) is 0 Å². The Morgan fingerprint density at radius 2 is 1.68 bits per heavy atom. The van der Waals surface area contributed by atoms with Crippen LogP contribution < -0.4 is 9.80 Å². The molecular weight excluding hydrogens is 312 g/mol. The maximum absolute atomic E-state index is 13.0. The molecule has 0 atom stereocenters. The Morgan fingerprint density at radius 1 is 0.960 bits per heavy atom. The Kier molecular flexibility index (Phi) is 4.45. The molecule has 0 unspecified atom stereocenters. The Labute approximate surface area is 148 Å². The SMILES string of the molecule is O=C(c1ccc(N2CCC(O)CC2)cc1)N1CCCc2ccccc21. The number of benzene rings is 2. The highest BCUT2D eigenvalue weighted by atomic mass is 16.3. The summed E-state index contributed by atoms with van der Waals surface area (Å²) in [5.41, 5.74) is 4.17. The molecule has 0 aliphatic carbocycles. The predicted octanol–water partition coefficient (Wildman–Crippen LogP) is 3.24. The van der Waals surface area contributed by atoms with Crippen LogP contribution in [0.3, 0.4) is 0 Å². The fourth-order valence-electron chi connectivity index (χ4n) is 3.84. The van der Waals surface area contributed by atoms with Gasteiger partial charge in [-0.2, -0.15) is 0 Å². The molecule has 0 bridgehead atoms. The number of aryl methyl sites for hydroxylation is 1. The molecule has 1 N–H and O–H groups in total. The molecular formula is C21H24N2O2. The van der Waals surface area contributed by atoms with Crippen LogP contribution in [-0.2, 0) is 6.42 Å². The van der Waals surface area contributed by atoms with Gasteiger partial charge >= 0.3 is 0 Å². The molecule has 4 nitrogen and oxygen atoms in total. The van der Waals surface area contributed by atoms with E-state index in [9.17, 15) is 9.90 Å². The lowest BCUT2D eigenvalue weighted by molar-refractivity contribution is 0.0985.